The summed E-state index contributed by atoms with van der Waals surface area (Å²) in [6.07, 6.45) is 2.88. The summed E-state index contributed by atoms with van der Waals surface area (Å²) in [4.78, 5) is 4.24. The minimum atomic E-state index is 0.209. The molecule has 0 aliphatic heterocycles. The Labute approximate surface area is 117 Å². The molecule has 0 aliphatic rings. The Kier molecular flexibility index (Phi) is 4.82. The van der Waals surface area contributed by atoms with E-state index < -0.39 is 0 Å². The van der Waals surface area contributed by atoms with Crippen molar-refractivity contribution >= 4 is 11.6 Å². The van der Waals surface area contributed by atoms with Gasteiger partial charge < -0.3 is 14.5 Å². The zero-order valence-electron chi connectivity index (χ0n) is 11.1. The predicted molar refractivity (Wildman–Crippen MR) is 74.8 cm³/mol. The SMILES string of the molecule is CCCNCc1coc(Oc2cc(C)ccc2Cl)n1. The molecule has 0 amide bonds. The van der Waals surface area contributed by atoms with Gasteiger partial charge in [-0.2, -0.15) is 4.98 Å². The zero-order chi connectivity index (χ0) is 13.7. The second-order valence-corrected chi connectivity index (χ2v) is 4.72. The van der Waals surface area contributed by atoms with E-state index in [2.05, 4.69) is 17.2 Å². The number of nitrogens with zero attached hydrogens (tertiary/aromatic N) is 1. The van der Waals surface area contributed by atoms with Gasteiger partial charge in [0, 0.05) is 6.54 Å². The third kappa shape index (κ3) is 3.98. The molecule has 2 rings (SSSR count). The molecular weight excluding hydrogens is 264 g/mol. The van der Waals surface area contributed by atoms with Gasteiger partial charge in [-0.3, -0.25) is 0 Å². The van der Waals surface area contributed by atoms with Gasteiger partial charge in [0.25, 0.3) is 0 Å². The van der Waals surface area contributed by atoms with Gasteiger partial charge in [0.15, 0.2) is 5.75 Å². The molecule has 0 atom stereocenters. The van der Waals surface area contributed by atoms with Crippen LogP contribution in [-0.4, -0.2) is 11.5 Å². The minimum Gasteiger partial charge on any atom is -0.417 e. The fourth-order valence-electron chi connectivity index (χ4n) is 1.59. The van der Waals surface area contributed by atoms with E-state index in [9.17, 15) is 0 Å². The van der Waals surface area contributed by atoms with Crippen LogP contribution in [-0.2, 0) is 6.54 Å². The van der Waals surface area contributed by atoms with Gasteiger partial charge in [-0.05, 0) is 37.6 Å². The first-order chi connectivity index (χ1) is 9.19. The number of hydrogen-bond donors (Lipinski definition) is 1. The van der Waals surface area contributed by atoms with Crippen LogP contribution < -0.4 is 10.1 Å². The molecule has 1 N–H and O–H groups in total. The summed E-state index contributed by atoms with van der Waals surface area (Å²) in [6.45, 7) is 5.71. The van der Waals surface area contributed by atoms with Crippen molar-refractivity contribution in [3.05, 3.63) is 40.7 Å². The molecule has 0 unspecified atom stereocenters. The Morgan fingerprint density at radius 2 is 2.26 bits per heavy atom. The van der Waals surface area contributed by atoms with Crippen molar-refractivity contribution in [1.82, 2.24) is 10.3 Å². The van der Waals surface area contributed by atoms with Gasteiger partial charge in [0.2, 0.25) is 0 Å². The van der Waals surface area contributed by atoms with Crippen molar-refractivity contribution < 1.29 is 9.15 Å². The summed E-state index contributed by atoms with van der Waals surface area (Å²) in [6, 6.07) is 5.56. The summed E-state index contributed by atoms with van der Waals surface area (Å²) in [5, 5.41) is 3.78. The fourth-order valence-corrected chi connectivity index (χ4v) is 1.75. The Bertz CT molecular complexity index is 540. The third-order valence-corrected chi connectivity index (χ3v) is 2.86. The van der Waals surface area contributed by atoms with Crippen molar-refractivity contribution in [3.8, 4) is 11.8 Å². The van der Waals surface area contributed by atoms with Crippen molar-refractivity contribution in [2.24, 2.45) is 0 Å². The first-order valence-corrected chi connectivity index (χ1v) is 6.66. The summed E-state index contributed by atoms with van der Waals surface area (Å²) >= 11 is 6.05. The lowest BCUT2D eigenvalue weighted by Crippen LogP contribution is -2.13. The lowest BCUT2D eigenvalue weighted by Gasteiger charge is -2.04. The molecule has 4 nitrogen and oxygen atoms in total. The third-order valence-electron chi connectivity index (χ3n) is 2.55. The smallest absolute Gasteiger partial charge is 0.399 e. The molecule has 19 heavy (non-hydrogen) atoms. The number of aryl methyl sites for hydroxylation is 1. The van der Waals surface area contributed by atoms with E-state index in [1.807, 2.05) is 19.1 Å². The van der Waals surface area contributed by atoms with Gasteiger partial charge in [-0.1, -0.05) is 24.6 Å². The molecule has 0 spiro atoms. The number of benzene rings is 1. The van der Waals surface area contributed by atoms with E-state index in [1.54, 1.807) is 12.3 Å². The van der Waals surface area contributed by atoms with E-state index in [-0.39, 0.29) is 6.08 Å². The number of rotatable bonds is 6. The summed E-state index contributed by atoms with van der Waals surface area (Å²) < 4.78 is 10.8. The van der Waals surface area contributed by atoms with Crippen LogP contribution in [0.4, 0.5) is 0 Å². The Balaban J connectivity index is 2.01. The molecule has 5 heteroatoms. The molecule has 0 saturated heterocycles. The second-order valence-electron chi connectivity index (χ2n) is 4.32. The standard InChI is InChI=1S/C14H17ClN2O2/c1-3-6-16-8-11-9-18-14(17-11)19-13-7-10(2)4-5-12(13)15/h4-5,7,9,16H,3,6,8H2,1-2H3. The number of hydrogen-bond acceptors (Lipinski definition) is 4. The Hall–Kier alpha value is -1.52. The summed E-state index contributed by atoms with van der Waals surface area (Å²) in [7, 11) is 0. The van der Waals surface area contributed by atoms with Crippen LogP contribution in [0.2, 0.25) is 5.02 Å². The largest absolute Gasteiger partial charge is 0.417 e. The van der Waals surface area contributed by atoms with Crippen LogP contribution in [0.5, 0.6) is 11.8 Å². The van der Waals surface area contributed by atoms with Crippen LogP contribution >= 0.6 is 11.6 Å². The molecule has 1 heterocycles. The number of nitrogens with one attached hydrogen (secondary N) is 1. The number of aromatic nitrogens is 1. The molecule has 0 fully saturated rings. The first-order valence-electron chi connectivity index (χ1n) is 6.28. The van der Waals surface area contributed by atoms with E-state index >= 15 is 0 Å². The quantitative estimate of drug-likeness (QED) is 0.815. The molecule has 0 bridgehead atoms. The van der Waals surface area contributed by atoms with Crippen molar-refractivity contribution in [1.29, 1.82) is 0 Å². The Morgan fingerprint density at radius 1 is 1.42 bits per heavy atom. The van der Waals surface area contributed by atoms with E-state index in [4.69, 9.17) is 20.8 Å². The van der Waals surface area contributed by atoms with Crippen LogP contribution in [0.15, 0.2) is 28.9 Å². The highest BCUT2D eigenvalue weighted by molar-refractivity contribution is 6.32. The van der Waals surface area contributed by atoms with Crippen molar-refractivity contribution in [3.63, 3.8) is 0 Å². The zero-order valence-corrected chi connectivity index (χ0v) is 11.8. The van der Waals surface area contributed by atoms with Crippen molar-refractivity contribution in [2.75, 3.05) is 6.54 Å². The molecule has 1 aromatic heterocycles. The average Bonchev–Trinajstić information content (AvgIpc) is 2.82. The van der Waals surface area contributed by atoms with Gasteiger partial charge >= 0.3 is 6.08 Å². The highest BCUT2D eigenvalue weighted by atomic mass is 35.5. The molecule has 102 valence electrons. The highest BCUT2D eigenvalue weighted by Gasteiger charge is 2.09. The topological polar surface area (TPSA) is 47.3 Å². The fraction of sp³-hybridized carbons (Fsp3) is 0.357. The van der Waals surface area contributed by atoms with Gasteiger partial charge in [-0.25, -0.2) is 0 Å². The molecule has 1 aromatic carbocycles. The first kappa shape index (κ1) is 13.9. The second kappa shape index (κ2) is 6.59. The van der Waals surface area contributed by atoms with E-state index in [0.717, 1.165) is 24.2 Å². The monoisotopic (exact) mass is 280 g/mol. The number of oxazole rings is 1. The van der Waals surface area contributed by atoms with Crippen LogP contribution in [0, 0.1) is 6.92 Å². The summed E-state index contributed by atoms with van der Waals surface area (Å²) in [5.74, 6) is 0.552. The highest BCUT2D eigenvalue weighted by Crippen LogP contribution is 2.29. The average molecular weight is 281 g/mol. The number of halogens is 1. The maximum Gasteiger partial charge on any atom is 0.399 e. The lowest BCUT2D eigenvalue weighted by atomic mass is 10.2. The summed E-state index contributed by atoms with van der Waals surface area (Å²) in [5.41, 5.74) is 1.88. The maximum absolute atomic E-state index is 6.05. The molecule has 0 radical (unpaired) electrons. The van der Waals surface area contributed by atoms with Gasteiger partial charge in [0.1, 0.15) is 6.26 Å². The normalized spacial score (nSPS) is 10.7. The van der Waals surface area contributed by atoms with Crippen molar-refractivity contribution in [2.45, 2.75) is 26.8 Å². The van der Waals surface area contributed by atoms with E-state index in [1.165, 1.54) is 0 Å². The lowest BCUT2D eigenvalue weighted by molar-refractivity contribution is 0.330. The maximum atomic E-state index is 6.05. The van der Waals surface area contributed by atoms with Crippen LogP contribution in [0.25, 0.3) is 0 Å². The van der Waals surface area contributed by atoms with Gasteiger partial charge in [-0.15, -0.1) is 0 Å². The molecule has 0 aliphatic carbocycles. The van der Waals surface area contributed by atoms with Gasteiger partial charge in [0.05, 0.1) is 10.7 Å². The van der Waals surface area contributed by atoms with Crippen LogP contribution in [0.1, 0.15) is 24.6 Å². The predicted octanol–water partition coefficient (Wildman–Crippen LogP) is 3.93. The number of ether oxygens (including phenoxy) is 1. The Morgan fingerprint density at radius 3 is 3.05 bits per heavy atom. The van der Waals surface area contributed by atoms with E-state index in [0.29, 0.717) is 17.3 Å². The molecule has 2 aromatic rings. The van der Waals surface area contributed by atoms with Crippen LogP contribution in [0.3, 0.4) is 0 Å². The molecule has 0 saturated carbocycles. The minimum absolute atomic E-state index is 0.209. The molecular formula is C14H17ClN2O2.